The number of unbranched alkanes of at least 4 members (excludes halogenated alkanes) is 30. The van der Waals surface area contributed by atoms with Gasteiger partial charge in [-0.05, 0) is 12.8 Å². The molecule has 0 aromatic rings. The Labute approximate surface area is 400 Å². The second-order valence-corrected chi connectivity index (χ2v) is 19.7. The van der Waals surface area contributed by atoms with Crippen molar-refractivity contribution in [2.45, 2.75) is 306 Å². The highest BCUT2D eigenvalue weighted by atomic mass is 16.7. The van der Waals surface area contributed by atoms with Crippen LogP contribution in [0.5, 0.6) is 0 Å². The van der Waals surface area contributed by atoms with Crippen LogP contribution in [0.2, 0.25) is 0 Å². The summed E-state index contributed by atoms with van der Waals surface area (Å²) in [6, 6.07) is -0.819. The molecule has 0 bridgehead atoms. The predicted molar refractivity (Wildman–Crippen MR) is 259 cm³/mol. The molecule has 0 spiro atoms. The van der Waals surface area contributed by atoms with E-state index in [4.69, 9.17) is 18.9 Å². The topological polar surface area (TPSA) is 228 Å². The molecule has 2 aliphatic rings. The minimum atomic E-state index is -1.78. The van der Waals surface area contributed by atoms with E-state index in [1.807, 2.05) is 0 Å². The maximum Gasteiger partial charge on any atom is 0.220 e. The second kappa shape index (κ2) is 39.7. The molecule has 14 heteroatoms. The van der Waals surface area contributed by atoms with Gasteiger partial charge in [0, 0.05) is 6.42 Å². The lowest BCUT2D eigenvalue weighted by Crippen LogP contribution is -2.65. The predicted octanol–water partition coefficient (Wildman–Crippen LogP) is 7.78. The molecule has 0 aromatic heterocycles. The van der Waals surface area contributed by atoms with Crippen molar-refractivity contribution >= 4 is 5.91 Å². The number of hydrogen-bond acceptors (Lipinski definition) is 13. The van der Waals surface area contributed by atoms with Gasteiger partial charge in [-0.3, -0.25) is 4.79 Å². The van der Waals surface area contributed by atoms with E-state index >= 15 is 0 Å². The summed E-state index contributed by atoms with van der Waals surface area (Å²) in [5.74, 6) is -0.207. The summed E-state index contributed by atoms with van der Waals surface area (Å²) in [4.78, 5) is 13.1. The minimum absolute atomic E-state index is 0.207. The molecule has 1 amide bonds. The number of hydrogen-bond donors (Lipinski definition) is 9. The van der Waals surface area contributed by atoms with Gasteiger partial charge in [0.15, 0.2) is 12.6 Å². The Kier molecular flexibility index (Phi) is 36.7. The summed E-state index contributed by atoms with van der Waals surface area (Å²) in [6.45, 7) is 2.80. The summed E-state index contributed by atoms with van der Waals surface area (Å²) in [5, 5.41) is 86.5. The van der Waals surface area contributed by atoms with Gasteiger partial charge in [0.2, 0.25) is 5.91 Å². The summed E-state index contributed by atoms with van der Waals surface area (Å²) < 4.78 is 22.7. The highest BCUT2D eigenvalue weighted by molar-refractivity contribution is 5.76. The van der Waals surface area contributed by atoms with Crippen LogP contribution in [-0.2, 0) is 23.7 Å². The van der Waals surface area contributed by atoms with Gasteiger partial charge in [-0.2, -0.15) is 0 Å². The molecule has 66 heavy (non-hydrogen) atoms. The van der Waals surface area contributed by atoms with Crippen molar-refractivity contribution in [3.05, 3.63) is 0 Å². The van der Waals surface area contributed by atoms with E-state index in [1.165, 1.54) is 141 Å². The Balaban J connectivity index is 1.62. The van der Waals surface area contributed by atoms with E-state index < -0.39 is 86.8 Å². The SMILES string of the molecule is CCCCCCCCCCCCCCCCCCCCCCCCCCCCC(=O)NC(COC1OC(CO)C(OC2OC(CO)C(O)C(O)C2O)C(O)C1O)C(O)CCCCCCCC. The first-order chi connectivity index (χ1) is 32.1. The normalized spacial score (nSPS) is 26.7. The van der Waals surface area contributed by atoms with Gasteiger partial charge in [-0.25, -0.2) is 0 Å². The third-order valence-corrected chi connectivity index (χ3v) is 13.8. The lowest BCUT2D eigenvalue weighted by molar-refractivity contribution is -0.359. The molecular weight excluding hydrogens is 847 g/mol. The number of carbonyl (C=O) groups excluding carboxylic acids is 1. The molecule has 0 aliphatic carbocycles. The molecule has 9 N–H and O–H groups in total. The fraction of sp³-hybridized carbons (Fsp3) is 0.981. The van der Waals surface area contributed by atoms with Crippen LogP contribution in [0.25, 0.3) is 0 Å². The van der Waals surface area contributed by atoms with Crippen molar-refractivity contribution in [1.82, 2.24) is 5.32 Å². The van der Waals surface area contributed by atoms with Crippen molar-refractivity contribution in [3.8, 4) is 0 Å². The van der Waals surface area contributed by atoms with E-state index in [9.17, 15) is 45.6 Å². The van der Waals surface area contributed by atoms with Gasteiger partial charge in [0.1, 0.15) is 48.8 Å². The second-order valence-electron chi connectivity index (χ2n) is 19.7. The van der Waals surface area contributed by atoms with E-state index in [0.717, 1.165) is 64.2 Å². The Bertz CT molecular complexity index is 1120. The highest BCUT2D eigenvalue weighted by Gasteiger charge is 2.51. The standard InChI is InChI=1S/C52H101NO13/c1-3-5-7-9-11-12-13-14-15-16-17-18-19-20-21-22-23-24-25-26-27-28-29-30-32-34-36-44(57)53-40(41(56)35-33-31-10-8-6-4-2)39-63-51-49(62)47(60)50(43(38-55)65-51)66-52-48(61)46(59)45(58)42(37-54)64-52/h40-43,45-52,54-56,58-62H,3-39H2,1-2H3,(H,53,57). The van der Waals surface area contributed by atoms with E-state index in [1.54, 1.807) is 0 Å². The molecule has 12 unspecified atom stereocenters. The van der Waals surface area contributed by atoms with Crippen LogP contribution in [0, 0.1) is 0 Å². The number of ether oxygens (including phenoxy) is 4. The smallest absolute Gasteiger partial charge is 0.220 e. The Morgan fingerprint density at radius 3 is 1.29 bits per heavy atom. The molecule has 0 aromatic carbocycles. The van der Waals surface area contributed by atoms with Gasteiger partial charge in [0.05, 0.1) is 32.0 Å². The van der Waals surface area contributed by atoms with Gasteiger partial charge < -0.3 is 65.1 Å². The van der Waals surface area contributed by atoms with E-state index in [-0.39, 0.29) is 12.5 Å². The van der Waals surface area contributed by atoms with Crippen LogP contribution in [-0.4, -0.2) is 140 Å². The van der Waals surface area contributed by atoms with Crippen molar-refractivity contribution in [2.24, 2.45) is 0 Å². The van der Waals surface area contributed by atoms with Crippen LogP contribution >= 0.6 is 0 Å². The molecule has 0 saturated carbocycles. The van der Waals surface area contributed by atoms with E-state index in [0.29, 0.717) is 12.8 Å². The minimum Gasteiger partial charge on any atom is -0.394 e. The number of rotatable bonds is 43. The van der Waals surface area contributed by atoms with Crippen LogP contribution < -0.4 is 5.32 Å². The fourth-order valence-electron chi connectivity index (χ4n) is 9.36. The molecule has 2 rings (SSSR count). The van der Waals surface area contributed by atoms with Gasteiger partial charge in [0.25, 0.3) is 0 Å². The molecule has 12 atom stereocenters. The zero-order chi connectivity index (χ0) is 48.2. The quantitative estimate of drug-likeness (QED) is 0.0267. The Morgan fingerprint density at radius 1 is 0.485 bits per heavy atom. The van der Waals surface area contributed by atoms with Gasteiger partial charge >= 0.3 is 0 Å². The number of amides is 1. The third kappa shape index (κ3) is 26.3. The maximum absolute atomic E-state index is 13.1. The molecule has 2 saturated heterocycles. The highest BCUT2D eigenvalue weighted by Crippen LogP contribution is 2.30. The lowest BCUT2D eigenvalue weighted by Gasteiger charge is -2.46. The first-order valence-corrected chi connectivity index (χ1v) is 27.3. The number of carbonyl (C=O) groups is 1. The Morgan fingerprint density at radius 2 is 0.864 bits per heavy atom. The van der Waals surface area contributed by atoms with Crippen LogP contribution in [0.15, 0.2) is 0 Å². The van der Waals surface area contributed by atoms with Crippen molar-refractivity contribution < 1.29 is 64.6 Å². The molecule has 2 aliphatic heterocycles. The third-order valence-electron chi connectivity index (χ3n) is 13.8. The van der Waals surface area contributed by atoms with Gasteiger partial charge in [-0.1, -0.05) is 213 Å². The van der Waals surface area contributed by atoms with Crippen molar-refractivity contribution in [2.75, 3.05) is 19.8 Å². The molecular formula is C52H101NO13. The summed E-state index contributed by atoms with van der Waals surface area (Å²) in [6.07, 6.45) is 24.6. The van der Waals surface area contributed by atoms with Crippen LogP contribution in [0.3, 0.4) is 0 Å². The maximum atomic E-state index is 13.1. The number of aliphatic hydroxyl groups is 8. The summed E-state index contributed by atoms with van der Waals surface area (Å²) in [5.41, 5.74) is 0. The number of nitrogens with one attached hydrogen (secondary N) is 1. The lowest BCUT2D eigenvalue weighted by atomic mass is 9.97. The van der Waals surface area contributed by atoms with Crippen molar-refractivity contribution in [1.29, 1.82) is 0 Å². The molecule has 2 heterocycles. The van der Waals surface area contributed by atoms with Gasteiger partial charge in [-0.15, -0.1) is 0 Å². The summed E-state index contributed by atoms with van der Waals surface area (Å²) >= 11 is 0. The molecule has 392 valence electrons. The first-order valence-electron chi connectivity index (χ1n) is 27.3. The molecule has 2 fully saturated rings. The average molecular weight is 948 g/mol. The monoisotopic (exact) mass is 948 g/mol. The van der Waals surface area contributed by atoms with Crippen LogP contribution in [0.4, 0.5) is 0 Å². The van der Waals surface area contributed by atoms with Crippen molar-refractivity contribution in [3.63, 3.8) is 0 Å². The largest absolute Gasteiger partial charge is 0.394 e. The molecule has 0 radical (unpaired) electrons. The van der Waals surface area contributed by atoms with E-state index in [2.05, 4.69) is 19.2 Å². The summed E-state index contributed by atoms with van der Waals surface area (Å²) in [7, 11) is 0. The zero-order valence-electron chi connectivity index (χ0n) is 41.7. The molecule has 14 nitrogen and oxygen atoms in total. The average Bonchev–Trinajstić information content (AvgIpc) is 3.31. The number of aliphatic hydroxyl groups excluding tert-OH is 8. The zero-order valence-corrected chi connectivity index (χ0v) is 41.7. The van der Waals surface area contributed by atoms with Crippen LogP contribution in [0.1, 0.15) is 232 Å². The fourth-order valence-corrected chi connectivity index (χ4v) is 9.36. The Hall–Kier alpha value is -1.01. The first kappa shape index (κ1) is 61.1.